The highest BCUT2D eigenvalue weighted by molar-refractivity contribution is 5.12. The molecule has 2 aliphatic rings. The molecule has 0 aromatic rings. The van der Waals surface area contributed by atoms with Gasteiger partial charge in [0.15, 0.2) is 0 Å². The Hall–Kier alpha value is -0.980. The van der Waals surface area contributed by atoms with Crippen LogP contribution >= 0.6 is 0 Å². The standard InChI is InChI=1S/C13H20F4N2O/c14-11(13(15,16)17)12(19-7-9-20-10-8-19)18-5-3-1-2-4-6-18/h1-10H2/b12-11+. The number of morpholine rings is 1. The van der Waals surface area contributed by atoms with Gasteiger partial charge in [-0.15, -0.1) is 0 Å². The molecule has 0 aliphatic carbocycles. The van der Waals surface area contributed by atoms with Crippen molar-refractivity contribution in [1.82, 2.24) is 9.80 Å². The van der Waals surface area contributed by atoms with E-state index in [-0.39, 0.29) is 5.82 Å². The summed E-state index contributed by atoms with van der Waals surface area (Å²) < 4.78 is 57.4. The smallest absolute Gasteiger partial charge is 0.378 e. The molecule has 2 heterocycles. The van der Waals surface area contributed by atoms with Crippen molar-refractivity contribution in [3.05, 3.63) is 11.6 Å². The first-order chi connectivity index (χ1) is 9.50. The van der Waals surface area contributed by atoms with Crippen molar-refractivity contribution in [2.75, 3.05) is 39.4 Å². The summed E-state index contributed by atoms with van der Waals surface area (Å²) in [4.78, 5) is 3.03. The van der Waals surface area contributed by atoms with Crippen molar-refractivity contribution in [2.24, 2.45) is 0 Å². The summed E-state index contributed by atoms with van der Waals surface area (Å²) >= 11 is 0. The molecule has 2 aliphatic heterocycles. The second-order valence-electron chi connectivity index (χ2n) is 5.14. The zero-order valence-electron chi connectivity index (χ0n) is 11.4. The maximum absolute atomic E-state index is 13.9. The summed E-state index contributed by atoms with van der Waals surface area (Å²) in [6.45, 7) is 2.24. The van der Waals surface area contributed by atoms with Crippen LogP contribution in [0.2, 0.25) is 0 Å². The first kappa shape index (κ1) is 15.4. The topological polar surface area (TPSA) is 15.7 Å². The lowest BCUT2D eigenvalue weighted by Crippen LogP contribution is -2.44. The highest BCUT2D eigenvalue weighted by atomic mass is 19.4. The molecule has 0 unspecified atom stereocenters. The van der Waals surface area contributed by atoms with E-state index in [9.17, 15) is 17.6 Å². The van der Waals surface area contributed by atoms with Crippen LogP contribution < -0.4 is 0 Å². The Morgan fingerprint density at radius 3 is 1.80 bits per heavy atom. The second kappa shape index (κ2) is 6.65. The molecule has 0 spiro atoms. The van der Waals surface area contributed by atoms with Gasteiger partial charge < -0.3 is 14.5 Å². The molecule has 20 heavy (non-hydrogen) atoms. The Labute approximate surface area is 116 Å². The molecule has 0 N–H and O–H groups in total. The van der Waals surface area contributed by atoms with Crippen LogP contribution in [-0.2, 0) is 4.74 Å². The highest BCUT2D eigenvalue weighted by Gasteiger charge is 2.41. The Bertz CT molecular complexity index is 343. The van der Waals surface area contributed by atoms with E-state index in [0.717, 1.165) is 25.7 Å². The number of hydrogen-bond donors (Lipinski definition) is 0. The van der Waals surface area contributed by atoms with Gasteiger partial charge in [0.05, 0.1) is 13.2 Å². The van der Waals surface area contributed by atoms with Gasteiger partial charge in [-0.05, 0) is 12.8 Å². The average molecular weight is 296 g/mol. The van der Waals surface area contributed by atoms with Crippen LogP contribution in [0.1, 0.15) is 25.7 Å². The molecule has 2 saturated heterocycles. The third-order valence-corrected chi connectivity index (χ3v) is 3.66. The average Bonchev–Trinajstić information content (AvgIpc) is 2.68. The number of likely N-dealkylation sites (tertiary alicyclic amines) is 1. The third kappa shape index (κ3) is 3.77. The van der Waals surface area contributed by atoms with Crippen LogP contribution in [0.25, 0.3) is 0 Å². The van der Waals surface area contributed by atoms with Gasteiger partial charge in [-0.2, -0.15) is 17.6 Å². The lowest BCUT2D eigenvalue weighted by Gasteiger charge is -2.38. The minimum absolute atomic E-state index is 0.289. The van der Waals surface area contributed by atoms with Crippen LogP contribution in [0.15, 0.2) is 11.6 Å². The van der Waals surface area contributed by atoms with Crippen molar-refractivity contribution in [1.29, 1.82) is 0 Å². The summed E-state index contributed by atoms with van der Waals surface area (Å²) in [5.74, 6) is -2.26. The SMILES string of the molecule is F/C(=C(\N1CCCCCC1)N1CCOCC1)C(F)(F)F. The second-order valence-corrected chi connectivity index (χ2v) is 5.14. The van der Waals surface area contributed by atoms with E-state index in [1.54, 1.807) is 4.90 Å². The fourth-order valence-electron chi connectivity index (χ4n) is 2.66. The molecule has 116 valence electrons. The first-order valence-electron chi connectivity index (χ1n) is 7.05. The van der Waals surface area contributed by atoms with Crippen LogP contribution in [-0.4, -0.2) is 55.4 Å². The fraction of sp³-hybridized carbons (Fsp3) is 0.846. The molecular weight excluding hydrogens is 276 g/mol. The number of alkyl halides is 3. The molecule has 0 aromatic heterocycles. The van der Waals surface area contributed by atoms with Gasteiger partial charge >= 0.3 is 6.18 Å². The summed E-state index contributed by atoms with van der Waals surface area (Å²) in [5.41, 5.74) is 0. The van der Waals surface area contributed by atoms with Gasteiger partial charge in [-0.1, -0.05) is 12.8 Å². The Kier molecular flexibility index (Phi) is 5.12. The Balaban J connectivity index is 2.27. The van der Waals surface area contributed by atoms with Crippen molar-refractivity contribution in [3.63, 3.8) is 0 Å². The molecular formula is C13H20F4N2O. The zero-order chi connectivity index (χ0) is 14.6. The van der Waals surface area contributed by atoms with Gasteiger partial charge in [0.1, 0.15) is 5.82 Å². The van der Waals surface area contributed by atoms with Gasteiger partial charge in [-0.3, -0.25) is 0 Å². The lowest BCUT2D eigenvalue weighted by molar-refractivity contribution is -0.115. The number of hydrogen-bond acceptors (Lipinski definition) is 3. The molecule has 7 heteroatoms. The summed E-state index contributed by atoms with van der Waals surface area (Å²) in [7, 11) is 0. The summed E-state index contributed by atoms with van der Waals surface area (Å²) in [6, 6.07) is 0. The number of ether oxygens (including phenoxy) is 1. The molecule has 2 fully saturated rings. The Morgan fingerprint density at radius 2 is 1.30 bits per heavy atom. The molecule has 0 atom stereocenters. The van der Waals surface area contributed by atoms with Crippen LogP contribution in [0.4, 0.5) is 17.6 Å². The summed E-state index contributed by atoms with van der Waals surface area (Å²) in [6.07, 6.45) is -1.35. The van der Waals surface area contributed by atoms with Crippen molar-refractivity contribution >= 4 is 0 Å². The van der Waals surface area contributed by atoms with E-state index in [0.29, 0.717) is 39.4 Å². The number of nitrogens with zero attached hydrogens (tertiary/aromatic N) is 2. The van der Waals surface area contributed by atoms with Crippen molar-refractivity contribution < 1.29 is 22.3 Å². The monoisotopic (exact) mass is 296 g/mol. The quantitative estimate of drug-likeness (QED) is 0.729. The third-order valence-electron chi connectivity index (χ3n) is 3.66. The minimum atomic E-state index is -4.93. The van der Waals surface area contributed by atoms with Crippen LogP contribution in [0.3, 0.4) is 0 Å². The van der Waals surface area contributed by atoms with E-state index in [2.05, 4.69) is 0 Å². The van der Waals surface area contributed by atoms with E-state index >= 15 is 0 Å². The predicted molar refractivity (Wildman–Crippen MR) is 66.6 cm³/mol. The Morgan fingerprint density at radius 1 is 0.800 bits per heavy atom. The van der Waals surface area contributed by atoms with Crippen LogP contribution in [0, 0.1) is 0 Å². The molecule has 2 rings (SSSR count). The maximum atomic E-state index is 13.9. The summed E-state index contributed by atoms with van der Waals surface area (Å²) in [5, 5.41) is 0. The molecule has 0 saturated carbocycles. The van der Waals surface area contributed by atoms with Gasteiger partial charge in [0.25, 0.3) is 0 Å². The van der Waals surface area contributed by atoms with E-state index < -0.39 is 12.0 Å². The van der Waals surface area contributed by atoms with Gasteiger partial charge in [-0.25, -0.2) is 0 Å². The maximum Gasteiger partial charge on any atom is 0.446 e. The zero-order valence-corrected chi connectivity index (χ0v) is 11.4. The van der Waals surface area contributed by atoms with Crippen molar-refractivity contribution in [2.45, 2.75) is 31.9 Å². The van der Waals surface area contributed by atoms with Gasteiger partial charge in [0.2, 0.25) is 5.83 Å². The van der Waals surface area contributed by atoms with E-state index in [1.807, 2.05) is 0 Å². The lowest BCUT2D eigenvalue weighted by atomic mass is 10.2. The highest BCUT2D eigenvalue weighted by Crippen LogP contribution is 2.33. The molecule has 3 nitrogen and oxygen atoms in total. The van der Waals surface area contributed by atoms with Gasteiger partial charge in [0, 0.05) is 26.2 Å². The number of rotatable bonds is 2. The number of halogens is 4. The first-order valence-corrected chi connectivity index (χ1v) is 7.05. The predicted octanol–water partition coefficient (Wildman–Crippen LogP) is 2.90. The normalized spacial score (nSPS) is 23.4. The number of allylic oxidation sites excluding steroid dienone is 1. The minimum Gasteiger partial charge on any atom is -0.378 e. The van der Waals surface area contributed by atoms with E-state index in [4.69, 9.17) is 4.74 Å². The largest absolute Gasteiger partial charge is 0.446 e. The molecule has 0 amide bonds. The fourth-order valence-corrected chi connectivity index (χ4v) is 2.66. The molecule has 0 radical (unpaired) electrons. The molecule has 0 bridgehead atoms. The molecule has 0 aromatic carbocycles. The van der Waals surface area contributed by atoms with Crippen LogP contribution in [0.5, 0.6) is 0 Å². The van der Waals surface area contributed by atoms with E-state index in [1.165, 1.54) is 4.90 Å². The van der Waals surface area contributed by atoms with Crippen molar-refractivity contribution in [3.8, 4) is 0 Å².